The molecule has 0 spiro atoms. The van der Waals surface area contributed by atoms with Crippen LogP contribution in [0.25, 0.3) is 0 Å². The van der Waals surface area contributed by atoms with E-state index in [0.29, 0.717) is 25.2 Å². The summed E-state index contributed by atoms with van der Waals surface area (Å²) < 4.78 is 13.5. The normalized spacial score (nSPS) is 10.1. The van der Waals surface area contributed by atoms with Crippen molar-refractivity contribution >= 4 is 11.8 Å². The highest BCUT2D eigenvalue weighted by atomic mass is 19.1. The van der Waals surface area contributed by atoms with E-state index < -0.39 is 11.7 Å². The molecule has 1 aromatic carbocycles. The minimum Gasteiger partial charge on any atom is -0.366 e. The van der Waals surface area contributed by atoms with E-state index in [1.54, 1.807) is 0 Å². The highest BCUT2D eigenvalue weighted by Crippen LogP contribution is 2.09. The molecule has 18 heavy (non-hydrogen) atoms. The summed E-state index contributed by atoms with van der Waals surface area (Å²) in [4.78, 5) is 21.4. The predicted molar refractivity (Wildman–Crippen MR) is 65.3 cm³/mol. The molecule has 0 radical (unpaired) electrons. The molecule has 1 aromatic rings. The Hall–Kier alpha value is -1.95. The van der Waals surface area contributed by atoms with Crippen LogP contribution in [-0.2, 0) is 11.3 Å². The predicted octanol–water partition coefficient (Wildman–Crippen LogP) is 0.150. The third-order valence-electron chi connectivity index (χ3n) is 2.33. The second-order valence-electron chi connectivity index (χ2n) is 3.83. The van der Waals surface area contributed by atoms with E-state index in [2.05, 4.69) is 10.6 Å². The number of rotatable bonds is 6. The summed E-state index contributed by atoms with van der Waals surface area (Å²) in [5.74, 6) is -1.23. The van der Waals surface area contributed by atoms with E-state index in [0.717, 1.165) is 6.07 Å². The Morgan fingerprint density at radius 2 is 2.06 bits per heavy atom. The van der Waals surface area contributed by atoms with Gasteiger partial charge in [-0.3, -0.25) is 9.59 Å². The molecule has 0 unspecified atom stereocenters. The van der Waals surface area contributed by atoms with Crippen LogP contribution in [0.15, 0.2) is 18.2 Å². The van der Waals surface area contributed by atoms with Crippen LogP contribution in [0.1, 0.15) is 22.8 Å². The van der Waals surface area contributed by atoms with E-state index in [1.807, 2.05) is 0 Å². The summed E-state index contributed by atoms with van der Waals surface area (Å²) in [5, 5.41) is 5.59. The molecule has 0 aliphatic carbocycles. The molecular formula is C12H16FN3O2. The van der Waals surface area contributed by atoms with Crippen LogP contribution in [0.4, 0.5) is 4.39 Å². The maximum absolute atomic E-state index is 13.5. The highest BCUT2D eigenvalue weighted by molar-refractivity contribution is 5.92. The van der Waals surface area contributed by atoms with Gasteiger partial charge < -0.3 is 16.4 Å². The minimum absolute atomic E-state index is 0.103. The van der Waals surface area contributed by atoms with E-state index >= 15 is 0 Å². The molecule has 5 nitrogen and oxygen atoms in total. The number of amides is 2. The van der Waals surface area contributed by atoms with E-state index in [1.165, 1.54) is 19.1 Å². The lowest BCUT2D eigenvalue weighted by atomic mass is 10.1. The topological polar surface area (TPSA) is 84.2 Å². The molecule has 1 rings (SSSR count). The van der Waals surface area contributed by atoms with E-state index in [-0.39, 0.29) is 11.5 Å². The molecular weight excluding hydrogens is 237 g/mol. The fraction of sp³-hybridized carbons (Fsp3) is 0.333. The summed E-state index contributed by atoms with van der Waals surface area (Å²) in [6.07, 6.45) is 0. The van der Waals surface area contributed by atoms with Gasteiger partial charge in [-0.25, -0.2) is 4.39 Å². The van der Waals surface area contributed by atoms with Crippen molar-refractivity contribution in [2.75, 3.05) is 13.1 Å². The number of hydrogen-bond donors (Lipinski definition) is 3. The number of primary amides is 1. The van der Waals surface area contributed by atoms with Crippen molar-refractivity contribution in [2.24, 2.45) is 5.73 Å². The molecule has 0 heterocycles. The van der Waals surface area contributed by atoms with Crippen LogP contribution in [0.5, 0.6) is 0 Å². The lowest BCUT2D eigenvalue weighted by Crippen LogP contribution is -2.30. The smallest absolute Gasteiger partial charge is 0.248 e. The maximum atomic E-state index is 13.5. The summed E-state index contributed by atoms with van der Waals surface area (Å²) in [7, 11) is 0. The van der Waals surface area contributed by atoms with Crippen molar-refractivity contribution in [2.45, 2.75) is 13.5 Å². The third kappa shape index (κ3) is 4.50. The van der Waals surface area contributed by atoms with Gasteiger partial charge in [0.25, 0.3) is 0 Å². The standard InChI is InChI=1S/C12H16FN3O2/c1-8(17)16-5-4-15-7-10-3-2-9(12(14)18)6-11(10)13/h2-3,6,15H,4-5,7H2,1H3,(H2,14,18)(H,16,17). The first-order chi connectivity index (χ1) is 8.50. The Morgan fingerprint density at radius 1 is 1.33 bits per heavy atom. The van der Waals surface area contributed by atoms with E-state index in [4.69, 9.17) is 5.73 Å². The number of benzene rings is 1. The molecule has 0 aliphatic rings. The Balaban J connectivity index is 2.43. The second kappa shape index (κ2) is 6.70. The van der Waals surface area contributed by atoms with Crippen molar-refractivity contribution < 1.29 is 14.0 Å². The first-order valence-electron chi connectivity index (χ1n) is 5.54. The molecule has 0 aromatic heterocycles. The molecule has 0 fully saturated rings. The number of carbonyl (C=O) groups is 2. The maximum Gasteiger partial charge on any atom is 0.248 e. The second-order valence-corrected chi connectivity index (χ2v) is 3.83. The molecule has 0 saturated heterocycles. The average molecular weight is 253 g/mol. The van der Waals surface area contributed by atoms with Crippen molar-refractivity contribution in [3.63, 3.8) is 0 Å². The van der Waals surface area contributed by atoms with Crippen molar-refractivity contribution in [3.05, 3.63) is 35.1 Å². The van der Waals surface area contributed by atoms with Gasteiger partial charge in [0.15, 0.2) is 0 Å². The molecule has 0 saturated carbocycles. The van der Waals surface area contributed by atoms with Gasteiger partial charge in [0.2, 0.25) is 11.8 Å². The zero-order valence-electron chi connectivity index (χ0n) is 10.1. The van der Waals surface area contributed by atoms with Gasteiger partial charge in [0, 0.05) is 37.7 Å². The van der Waals surface area contributed by atoms with Crippen LogP contribution < -0.4 is 16.4 Å². The van der Waals surface area contributed by atoms with Gasteiger partial charge in [-0.05, 0) is 12.1 Å². The molecule has 98 valence electrons. The quantitative estimate of drug-likeness (QED) is 0.631. The van der Waals surface area contributed by atoms with Gasteiger partial charge in [0.1, 0.15) is 5.82 Å². The summed E-state index contributed by atoms with van der Waals surface area (Å²) in [6.45, 7) is 2.78. The van der Waals surface area contributed by atoms with Crippen LogP contribution in [0.2, 0.25) is 0 Å². The summed E-state index contributed by atoms with van der Waals surface area (Å²) >= 11 is 0. The van der Waals surface area contributed by atoms with Gasteiger partial charge in [-0.2, -0.15) is 0 Å². The van der Waals surface area contributed by atoms with Crippen molar-refractivity contribution in [3.8, 4) is 0 Å². The Morgan fingerprint density at radius 3 is 2.61 bits per heavy atom. The van der Waals surface area contributed by atoms with Gasteiger partial charge in [0.05, 0.1) is 0 Å². The highest BCUT2D eigenvalue weighted by Gasteiger charge is 2.06. The average Bonchev–Trinajstić information content (AvgIpc) is 2.29. The fourth-order valence-corrected chi connectivity index (χ4v) is 1.39. The van der Waals surface area contributed by atoms with Gasteiger partial charge in [-0.15, -0.1) is 0 Å². The van der Waals surface area contributed by atoms with Crippen LogP contribution >= 0.6 is 0 Å². The number of nitrogens with one attached hydrogen (secondary N) is 2. The Kier molecular flexibility index (Phi) is 5.26. The molecule has 0 bridgehead atoms. The molecule has 2 amide bonds. The SMILES string of the molecule is CC(=O)NCCNCc1ccc(C(N)=O)cc1F. The monoisotopic (exact) mass is 253 g/mol. The zero-order valence-corrected chi connectivity index (χ0v) is 10.1. The number of carbonyl (C=O) groups excluding carboxylic acids is 2. The molecule has 6 heteroatoms. The van der Waals surface area contributed by atoms with Crippen LogP contribution in [0.3, 0.4) is 0 Å². The number of halogens is 1. The lowest BCUT2D eigenvalue weighted by molar-refractivity contribution is -0.118. The number of hydrogen-bond acceptors (Lipinski definition) is 3. The summed E-state index contributed by atoms with van der Waals surface area (Å²) in [6, 6.07) is 4.12. The molecule has 4 N–H and O–H groups in total. The largest absolute Gasteiger partial charge is 0.366 e. The molecule has 0 aliphatic heterocycles. The van der Waals surface area contributed by atoms with E-state index in [9.17, 15) is 14.0 Å². The van der Waals surface area contributed by atoms with Gasteiger partial charge in [-0.1, -0.05) is 6.07 Å². The minimum atomic E-state index is -0.654. The Bertz CT molecular complexity index is 449. The van der Waals surface area contributed by atoms with Crippen molar-refractivity contribution in [1.29, 1.82) is 0 Å². The van der Waals surface area contributed by atoms with Crippen molar-refractivity contribution in [1.82, 2.24) is 10.6 Å². The van der Waals surface area contributed by atoms with Crippen LogP contribution in [0, 0.1) is 5.82 Å². The third-order valence-corrected chi connectivity index (χ3v) is 2.33. The first-order valence-corrected chi connectivity index (χ1v) is 5.54. The first kappa shape index (κ1) is 14.1. The zero-order chi connectivity index (χ0) is 13.5. The van der Waals surface area contributed by atoms with Gasteiger partial charge >= 0.3 is 0 Å². The Labute approximate surface area is 105 Å². The fourth-order valence-electron chi connectivity index (χ4n) is 1.39. The van der Waals surface area contributed by atoms with Crippen LogP contribution in [-0.4, -0.2) is 24.9 Å². The molecule has 0 atom stereocenters. The summed E-state index contributed by atoms with van der Waals surface area (Å²) in [5.41, 5.74) is 5.63. The number of nitrogens with two attached hydrogens (primary N) is 1. The lowest BCUT2D eigenvalue weighted by Gasteiger charge is -2.07.